The Bertz CT molecular complexity index is 238. The van der Waals surface area contributed by atoms with Crippen LogP contribution in [0.25, 0.3) is 0 Å². The third-order valence-corrected chi connectivity index (χ3v) is 4.59. The van der Waals surface area contributed by atoms with Crippen molar-refractivity contribution in [1.29, 1.82) is 0 Å². The van der Waals surface area contributed by atoms with Crippen LogP contribution in [0.3, 0.4) is 0 Å². The van der Waals surface area contributed by atoms with E-state index in [-0.39, 0.29) is 5.91 Å². The highest BCUT2D eigenvalue weighted by Gasteiger charge is 2.51. The largest absolute Gasteiger partial charge is 0.356 e. The molecule has 1 amide bonds. The lowest BCUT2D eigenvalue weighted by molar-refractivity contribution is -0.125. The van der Waals surface area contributed by atoms with Gasteiger partial charge >= 0.3 is 0 Å². The van der Waals surface area contributed by atoms with Gasteiger partial charge in [-0.3, -0.25) is 4.79 Å². The molecule has 2 bridgehead atoms. The summed E-state index contributed by atoms with van der Waals surface area (Å²) in [5, 5.41) is 3.06. The van der Waals surface area contributed by atoms with E-state index in [1.165, 1.54) is 32.1 Å². The number of hydrogen-bond acceptors (Lipinski definition) is 1. The molecule has 3 unspecified atom stereocenters. The molecule has 13 heavy (non-hydrogen) atoms. The molecule has 0 radical (unpaired) electrons. The molecule has 0 aromatic heterocycles. The van der Waals surface area contributed by atoms with E-state index in [0.29, 0.717) is 5.41 Å². The summed E-state index contributed by atoms with van der Waals surface area (Å²) in [7, 11) is 0. The highest BCUT2D eigenvalue weighted by atomic mass is 16.1. The van der Waals surface area contributed by atoms with Crippen LogP contribution in [0.2, 0.25) is 0 Å². The maximum absolute atomic E-state index is 11.1. The number of carbonyl (C=O) groups is 1. The highest BCUT2D eigenvalue weighted by molar-refractivity contribution is 5.76. The van der Waals surface area contributed by atoms with Gasteiger partial charge in [0.1, 0.15) is 0 Å². The van der Waals surface area contributed by atoms with Crippen molar-refractivity contribution in [3.05, 3.63) is 0 Å². The van der Waals surface area contributed by atoms with Crippen molar-refractivity contribution in [3.8, 4) is 0 Å². The highest BCUT2D eigenvalue weighted by Crippen LogP contribution is 2.58. The number of carbonyl (C=O) groups excluding carboxylic acids is 1. The molecule has 1 aliphatic heterocycles. The first-order chi connectivity index (χ1) is 6.28. The van der Waals surface area contributed by atoms with Gasteiger partial charge in [-0.1, -0.05) is 6.42 Å². The van der Waals surface area contributed by atoms with Gasteiger partial charge in [0.05, 0.1) is 0 Å². The Labute approximate surface area is 79.1 Å². The van der Waals surface area contributed by atoms with Crippen LogP contribution in [0.15, 0.2) is 0 Å². The fraction of sp³-hybridized carbons (Fsp3) is 0.909. The van der Waals surface area contributed by atoms with E-state index in [2.05, 4.69) is 5.32 Å². The Morgan fingerprint density at radius 2 is 2.31 bits per heavy atom. The molecular formula is C11H17NO. The summed E-state index contributed by atoms with van der Waals surface area (Å²) >= 11 is 0. The van der Waals surface area contributed by atoms with Crippen LogP contribution in [0.1, 0.15) is 38.5 Å². The van der Waals surface area contributed by atoms with Crippen LogP contribution < -0.4 is 5.32 Å². The summed E-state index contributed by atoms with van der Waals surface area (Å²) in [6.07, 6.45) is 7.69. The van der Waals surface area contributed by atoms with E-state index in [9.17, 15) is 4.79 Å². The van der Waals surface area contributed by atoms with Crippen LogP contribution in [-0.4, -0.2) is 12.5 Å². The van der Waals surface area contributed by atoms with E-state index in [1.807, 2.05) is 0 Å². The van der Waals surface area contributed by atoms with Crippen LogP contribution in [0, 0.1) is 17.3 Å². The molecule has 0 aromatic rings. The minimum absolute atomic E-state index is 0.272. The molecular weight excluding hydrogens is 162 g/mol. The molecule has 3 atom stereocenters. The van der Waals surface area contributed by atoms with Gasteiger partial charge in [-0.25, -0.2) is 0 Å². The summed E-state index contributed by atoms with van der Waals surface area (Å²) in [6, 6.07) is 0. The Kier molecular flexibility index (Phi) is 1.50. The van der Waals surface area contributed by atoms with E-state index in [1.54, 1.807) is 0 Å². The normalized spacial score (nSPS) is 48.5. The molecule has 1 spiro atoms. The zero-order valence-electron chi connectivity index (χ0n) is 8.01. The average molecular weight is 179 g/mol. The topological polar surface area (TPSA) is 29.1 Å². The standard InChI is InChI=1S/C11H17NO/c13-10-3-4-11(7-12-10)6-8-1-2-9(11)5-8/h8-9H,1-7H2,(H,12,13). The monoisotopic (exact) mass is 179 g/mol. The third kappa shape index (κ3) is 1.04. The predicted octanol–water partition coefficient (Wildman–Crippen LogP) is 1.70. The van der Waals surface area contributed by atoms with Gasteiger partial charge in [-0.15, -0.1) is 0 Å². The number of hydrogen-bond donors (Lipinski definition) is 1. The van der Waals surface area contributed by atoms with Gasteiger partial charge in [-0.2, -0.15) is 0 Å². The Hall–Kier alpha value is -0.530. The molecule has 1 saturated heterocycles. The Balaban J connectivity index is 1.79. The quantitative estimate of drug-likeness (QED) is 0.602. The van der Waals surface area contributed by atoms with Crippen molar-refractivity contribution in [3.63, 3.8) is 0 Å². The van der Waals surface area contributed by atoms with Crippen LogP contribution in [-0.2, 0) is 4.79 Å². The maximum atomic E-state index is 11.1. The van der Waals surface area contributed by atoms with Crippen molar-refractivity contribution in [2.24, 2.45) is 17.3 Å². The summed E-state index contributed by atoms with van der Waals surface area (Å²) in [6.45, 7) is 0.979. The molecule has 3 fully saturated rings. The Morgan fingerprint density at radius 1 is 1.38 bits per heavy atom. The lowest BCUT2D eigenvalue weighted by Gasteiger charge is -2.40. The maximum Gasteiger partial charge on any atom is 0.220 e. The van der Waals surface area contributed by atoms with Crippen molar-refractivity contribution in [1.82, 2.24) is 5.32 Å². The minimum atomic E-state index is 0.272. The smallest absolute Gasteiger partial charge is 0.220 e. The lowest BCUT2D eigenvalue weighted by atomic mass is 9.68. The summed E-state index contributed by atoms with van der Waals surface area (Å²) in [4.78, 5) is 11.1. The SMILES string of the molecule is O=C1CCC2(CN1)CC1CCC2C1. The van der Waals surface area contributed by atoms with Gasteiger partial charge in [0.25, 0.3) is 0 Å². The van der Waals surface area contributed by atoms with Crippen molar-refractivity contribution in [2.75, 3.05) is 6.54 Å². The fourth-order valence-electron chi connectivity index (χ4n) is 3.89. The average Bonchev–Trinajstić information content (AvgIpc) is 2.70. The molecule has 2 aliphatic carbocycles. The first-order valence-electron chi connectivity index (χ1n) is 5.55. The van der Waals surface area contributed by atoms with Gasteiger partial charge in [0.2, 0.25) is 5.91 Å². The summed E-state index contributed by atoms with van der Waals surface area (Å²) in [5.74, 6) is 2.21. The van der Waals surface area contributed by atoms with Gasteiger partial charge in [0.15, 0.2) is 0 Å². The summed E-state index contributed by atoms with van der Waals surface area (Å²) < 4.78 is 0. The zero-order valence-corrected chi connectivity index (χ0v) is 8.01. The molecule has 3 rings (SSSR count). The molecule has 2 nitrogen and oxygen atoms in total. The van der Waals surface area contributed by atoms with Gasteiger partial charge < -0.3 is 5.32 Å². The zero-order chi connectivity index (χ0) is 8.89. The van der Waals surface area contributed by atoms with Crippen molar-refractivity contribution in [2.45, 2.75) is 38.5 Å². The van der Waals surface area contributed by atoms with E-state index in [0.717, 1.165) is 24.8 Å². The number of amides is 1. The fourth-order valence-corrected chi connectivity index (χ4v) is 3.89. The molecule has 2 heteroatoms. The van der Waals surface area contributed by atoms with Crippen LogP contribution in [0.4, 0.5) is 0 Å². The predicted molar refractivity (Wildman–Crippen MR) is 50.1 cm³/mol. The number of nitrogens with one attached hydrogen (secondary N) is 1. The van der Waals surface area contributed by atoms with E-state index >= 15 is 0 Å². The second-order valence-corrected chi connectivity index (χ2v) is 5.22. The first kappa shape index (κ1) is 7.84. The second kappa shape index (κ2) is 2.49. The lowest BCUT2D eigenvalue weighted by Crippen LogP contribution is -2.46. The van der Waals surface area contributed by atoms with Gasteiger partial charge in [-0.05, 0) is 42.9 Å². The number of piperidine rings is 1. The molecule has 0 aromatic carbocycles. The van der Waals surface area contributed by atoms with Crippen molar-refractivity contribution < 1.29 is 4.79 Å². The molecule has 3 aliphatic rings. The van der Waals surface area contributed by atoms with Crippen LogP contribution in [0.5, 0.6) is 0 Å². The molecule has 1 N–H and O–H groups in total. The van der Waals surface area contributed by atoms with E-state index in [4.69, 9.17) is 0 Å². The first-order valence-corrected chi connectivity index (χ1v) is 5.55. The summed E-state index contributed by atoms with van der Waals surface area (Å²) in [5.41, 5.74) is 0.539. The van der Waals surface area contributed by atoms with E-state index < -0.39 is 0 Å². The van der Waals surface area contributed by atoms with Crippen molar-refractivity contribution >= 4 is 5.91 Å². The molecule has 72 valence electrons. The second-order valence-electron chi connectivity index (χ2n) is 5.22. The number of fused-ring (bicyclic) bond motifs is 3. The molecule has 1 heterocycles. The van der Waals surface area contributed by atoms with Crippen LogP contribution >= 0.6 is 0 Å². The minimum Gasteiger partial charge on any atom is -0.356 e. The Morgan fingerprint density at radius 3 is 2.85 bits per heavy atom. The number of rotatable bonds is 0. The molecule has 2 saturated carbocycles. The third-order valence-electron chi connectivity index (χ3n) is 4.59. The van der Waals surface area contributed by atoms with Gasteiger partial charge in [0, 0.05) is 13.0 Å².